The van der Waals surface area contributed by atoms with Crippen LogP contribution in [0.2, 0.25) is 0 Å². The first-order valence-corrected chi connectivity index (χ1v) is 6.47. The SMILES string of the molecule is CO.Cc1ccc(C(=O)O)c[n+]1Cc1ccc(S)cc1. The van der Waals surface area contributed by atoms with Gasteiger partial charge in [-0.2, -0.15) is 4.57 Å². The second-order valence-electron chi connectivity index (χ2n) is 4.16. The largest absolute Gasteiger partial charge is 0.477 e. The summed E-state index contributed by atoms with van der Waals surface area (Å²) in [6, 6.07) is 11.3. The molecule has 1 heterocycles. The standard InChI is InChI=1S/C14H13NO2S.CH4O/c1-10-2-5-12(14(16)17)9-15(10)8-11-3-6-13(18)7-4-11;1-2/h2-7,9H,8H2,1H3,(H-,16,17,18);2H,1H3/p+1. The summed E-state index contributed by atoms with van der Waals surface area (Å²) in [7, 11) is 1.00. The van der Waals surface area contributed by atoms with Gasteiger partial charge in [0.05, 0.1) is 0 Å². The fourth-order valence-corrected chi connectivity index (χ4v) is 1.86. The van der Waals surface area contributed by atoms with E-state index in [9.17, 15) is 4.79 Å². The van der Waals surface area contributed by atoms with E-state index in [1.165, 1.54) is 0 Å². The summed E-state index contributed by atoms with van der Waals surface area (Å²) in [6.45, 7) is 2.61. The van der Waals surface area contributed by atoms with Crippen LogP contribution < -0.4 is 4.57 Å². The van der Waals surface area contributed by atoms with Crippen LogP contribution in [0.25, 0.3) is 0 Å². The van der Waals surface area contributed by atoms with Gasteiger partial charge < -0.3 is 10.2 Å². The highest BCUT2D eigenvalue weighted by molar-refractivity contribution is 7.80. The number of carboxylic acids is 1. The zero-order valence-corrected chi connectivity index (χ0v) is 12.3. The predicted molar refractivity (Wildman–Crippen MR) is 79.3 cm³/mol. The topological polar surface area (TPSA) is 61.4 Å². The van der Waals surface area contributed by atoms with Gasteiger partial charge in [-0.25, -0.2) is 4.79 Å². The second-order valence-corrected chi connectivity index (χ2v) is 4.68. The van der Waals surface area contributed by atoms with Crippen LogP contribution >= 0.6 is 12.6 Å². The Hall–Kier alpha value is -1.85. The van der Waals surface area contributed by atoms with Crippen molar-refractivity contribution in [3.05, 3.63) is 59.4 Å². The molecule has 106 valence electrons. The zero-order chi connectivity index (χ0) is 15.1. The van der Waals surface area contributed by atoms with Gasteiger partial charge in [-0.1, -0.05) is 12.1 Å². The Labute approximate surface area is 123 Å². The average molecular weight is 292 g/mol. The number of benzene rings is 1. The lowest BCUT2D eigenvalue weighted by atomic mass is 10.2. The fourth-order valence-electron chi connectivity index (χ4n) is 1.71. The number of aromatic nitrogens is 1. The summed E-state index contributed by atoms with van der Waals surface area (Å²) in [6.07, 6.45) is 1.66. The van der Waals surface area contributed by atoms with E-state index in [1.54, 1.807) is 12.3 Å². The van der Waals surface area contributed by atoms with Crippen LogP contribution in [0.3, 0.4) is 0 Å². The van der Waals surface area contributed by atoms with Crippen molar-refractivity contribution in [1.29, 1.82) is 0 Å². The van der Waals surface area contributed by atoms with Crippen LogP contribution in [-0.2, 0) is 6.54 Å². The van der Waals surface area contributed by atoms with Crippen molar-refractivity contribution in [3.63, 3.8) is 0 Å². The maximum absolute atomic E-state index is 10.9. The third-order valence-electron chi connectivity index (χ3n) is 2.79. The van der Waals surface area contributed by atoms with Crippen molar-refractivity contribution < 1.29 is 19.6 Å². The highest BCUT2D eigenvalue weighted by Gasteiger charge is 2.12. The number of aromatic carboxylic acids is 1. The third kappa shape index (κ3) is 4.36. The minimum atomic E-state index is -0.908. The summed E-state index contributed by atoms with van der Waals surface area (Å²) in [5.74, 6) is -0.908. The number of hydrogen-bond acceptors (Lipinski definition) is 3. The number of aliphatic hydroxyl groups is 1. The molecule has 4 nitrogen and oxygen atoms in total. The number of thiol groups is 1. The lowest BCUT2D eigenvalue weighted by Gasteiger charge is -2.02. The highest BCUT2D eigenvalue weighted by Crippen LogP contribution is 2.08. The van der Waals surface area contributed by atoms with Crippen LogP contribution in [0.1, 0.15) is 21.6 Å². The number of pyridine rings is 1. The first-order chi connectivity index (χ1) is 9.56. The van der Waals surface area contributed by atoms with Gasteiger partial charge in [-0.3, -0.25) is 0 Å². The molecule has 0 atom stereocenters. The minimum Gasteiger partial charge on any atom is -0.477 e. The molecule has 0 radical (unpaired) electrons. The lowest BCUT2D eigenvalue weighted by Crippen LogP contribution is -2.38. The Morgan fingerprint density at radius 3 is 2.30 bits per heavy atom. The number of aryl methyl sites for hydroxylation is 1. The van der Waals surface area contributed by atoms with Crippen molar-refractivity contribution in [2.45, 2.75) is 18.4 Å². The van der Waals surface area contributed by atoms with Crippen molar-refractivity contribution in [2.24, 2.45) is 0 Å². The van der Waals surface area contributed by atoms with E-state index in [4.69, 9.17) is 10.2 Å². The van der Waals surface area contributed by atoms with E-state index in [1.807, 2.05) is 41.8 Å². The highest BCUT2D eigenvalue weighted by atomic mass is 32.1. The summed E-state index contributed by atoms with van der Waals surface area (Å²) < 4.78 is 1.93. The first-order valence-electron chi connectivity index (χ1n) is 6.02. The number of aliphatic hydroxyl groups excluding tert-OH is 1. The Morgan fingerprint density at radius 2 is 1.75 bits per heavy atom. The zero-order valence-electron chi connectivity index (χ0n) is 11.4. The smallest absolute Gasteiger partial charge is 0.341 e. The maximum Gasteiger partial charge on any atom is 0.341 e. The predicted octanol–water partition coefficient (Wildman–Crippen LogP) is 1.93. The molecule has 0 spiro atoms. The van der Waals surface area contributed by atoms with E-state index >= 15 is 0 Å². The summed E-state index contributed by atoms with van der Waals surface area (Å²) in [4.78, 5) is 11.9. The molecule has 0 aliphatic rings. The molecule has 1 aromatic heterocycles. The summed E-state index contributed by atoms with van der Waals surface area (Å²) in [5, 5.41) is 16.0. The molecule has 0 amide bonds. The molecule has 1 aromatic carbocycles. The van der Waals surface area contributed by atoms with E-state index in [-0.39, 0.29) is 0 Å². The van der Waals surface area contributed by atoms with Crippen molar-refractivity contribution >= 4 is 18.6 Å². The van der Waals surface area contributed by atoms with E-state index in [0.717, 1.165) is 23.3 Å². The molecule has 5 heteroatoms. The molecular formula is C15H18NO3S+. The van der Waals surface area contributed by atoms with Crippen LogP contribution in [0.5, 0.6) is 0 Å². The van der Waals surface area contributed by atoms with Crippen molar-refractivity contribution in [1.82, 2.24) is 0 Å². The summed E-state index contributed by atoms with van der Waals surface area (Å²) >= 11 is 4.24. The second kappa shape index (κ2) is 7.67. The lowest BCUT2D eigenvalue weighted by molar-refractivity contribution is -0.694. The van der Waals surface area contributed by atoms with Gasteiger partial charge in [0.1, 0.15) is 5.56 Å². The van der Waals surface area contributed by atoms with Crippen LogP contribution in [0.4, 0.5) is 0 Å². The molecule has 0 fully saturated rings. The number of hydrogen-bond donors (Lipinski definition) is 3. The van der Waals surface area contributed by atoms with Gasteiger partial charge in [0.25, 0.3) is 0 Å². The van der Waals surface area contributed by atoms with Gasteiger partial charge in [0.15, 0.2) is 18.4 Å². The minimum absolute atomic E-state index is 0.298. The van der Waals surface area contributed by atoms with Gasteiger partial charge in [0.2, 0.25) is 0 Å². The Balaban J connectivity index is 0.000000956. The Kier molecular flexibility index (Phi) is 6.21. The molecule has 0 saturated heterocycles. The van der Waals surface area contributed by atoms with Gasteiger partial charge in [-0.05, 0) is 18.2 Å². The fraction of sp³-hybridized carbons (Fsp3) is 0.200. The quantitative estimate of drug-likeness (QED) is 0.598. The summed E-state index contributed by atoms with van der Waals surface area (Å²) in [5.41, 5.74) is 2.44. The third-order valence-corrected chi connectivity index (χ3v) is 3.09. The molecule has 2 rings (SSSR count). The van der Waals surface area contributed by atoms with Gasteiger partial charge >= 0.3 is 5.97 Å². The first kappa shape index (κ1) is 16.2. The van der Waals surface area contributed by atoms with Crippen molar-refractivity contribution in [3.8, 4) is 0 Å². The van der Waals surface area contributed by atoms with E-state index in [0.29, 0.717) is 12.1 Å². The molecule has 2 aromatic rings. The molecule has 0 aliphatic carbocycles. The number of nitrogens with zero attached hydrogens (tertiary/aromatic N) is 1. The van der Waals surface area contributed by atoms with E-state index < -0.39 is 5.97 Å². The normalized spacial score (nSPS) is 9.60. The van der Waals surface area contributed by atoms with Crippen LogP contribution in [-0.4, -0.2) is 23.3 Å². The van der Waals surface area contributed by atoms with Crippen LogP contribution in [0, 0.1) is 6.92 Å². The Bertz CT molecular complexity index is 582. The molecule has 0 unspecified atom stereocenters. The number of rotatable bonds is 3. The molecule has 0 saturated carbocycles. The number of carboxylic acid groups (broad SMARTS) is 1. The molecule has 2 N–H and O–H groups in total. The Morgan fingerprint density at radius 1 is 1.15 bits per heavy atom. The molecular weight excluding hydrogens is 274 g/mol. The molecule has 20 heavy (non-hydrogen) atoms. The van der Waals surface area contributed by atoms with Crippen LogP contribution in [0.15, 0.2) is 47.5 Å². The molecule has 0 aliphatic heterocycles. The van der Waals surface area contributed by atoms with Gasteiger partial charge in [0, 0.05) is 30.6 Å². The number of carbonyl (C=O) groups is 1. The van der Waals surface area contributed by atoms with E-state index in [2.05, 4.69) is 12.6 Å². The maximum atomic E-state index is 10.9. The van der Waals surface area contributed by atoms with Crippen molar-refractivity contribution in [2.75, 3.05) is 7.11 Å². The van der Waals surface area contributed by atoms with Gasteiger partial charge in [-0.15, -0.1) is 12.6 Å². The average Bonchev–Trinajstić information content (AvgIpc) is 2.45. The molecule has 0 bridgehead atoms. The monoisotopic (exact) mass is 292 g/mol.